The highest BCUT2D eigenvalue weighted by Crippen LogP contribution is 2.32. The van der Waals surface area contributed by atoms with Crippen molar-refractivity contribution in [2.75, 3.05) is 51.3 Å². The van der Waals surface area contributed by atoms with Gasteiger partial charge in [-0.05, 0) is 25.6 Å². The van der Waals surface area contributed by atoms with Gasteiger partial charge in [-0.15, -0.1) is 0 Å². The molecule has 0 saturated carbocycles. The van der Waals surface area contributed by atoms with E-state index >= 15 is 0 Å². The molecular weight excluding hydrogens is 334 g/mol. The number of para-hydroxylation sites is 1. The number of hydrogen-bond acceptors (Lipinski definition) is 5. The third-order valence-electron chi connectivity index (χ3n) is 4.60. The van der Waals surface area contributed by atoms with Gasteiger partial charge in [0, 0.05) is 38.2 Å². The minimum Gasteiger partial charge on any atom is -0.449 e. The Hall–Kier alpha value is -2.38. The van der Waals surface area contributed by atoms with E-state index in [4.69, 9.17) is 9.15 Å². The normalized spacial score (nSPS) is 15.4. The highest BCUT2D eigenvalue weighted by molar-refractivity contribution is 6.11. The molecule has 1 aromatic carbocycles. The number of benzene rings is 1. The van der Waals surface area contributed by atoms with Gasteiger partial charge in [0.05, 0.1) is 0 Å². The average molecular weight is 359 g/mol. The zero-order valence-corrected chi connectivity index (χ0v) is 15.3. The van der Waals surface area contributed by atoms with E-state index in [1.54, 1.807) is 11.0 Å². The number of carbonyl (C=O) groups is 2. The Morgan fingerprint density at radius 1 is 1.15 bits per heavy atom. The summed E-state index contributed by atoms with van der Waals surface area (Å²) in [6, 6.07) is 7.32. The smallest absolute Gasteiger partial charge is 0.291 e. The van der Waals surface area contributed by atoms with Crippen molar-refractivity contribution in [3.8, 4) is 0 Å². The van der Waals surface area contributed by atoms with Crippen molar-refractivity contribution in [2.45, 2.75) is 13.8 Å². The van der Waals surface area contributed by atoms with E-state index in [0.717, 1.165) is 19.6 Å². The number of rotatable bonds is 6. The summed E-state index contributed by atoms with van der Waals surface area (Å²) in [5.74, 6) is -0.312. The van der Waals surface area contributed by atoms with Gasteiger partial charge in [0.2, 0.25) is 11.7 Å². The molecule has 1 aromatic heterocycles. The second kappa shape index (κ2) is 8.33. The van der Waals surface area contributed by atoms with Crippen LogP contribution in [0.25, 0.3) is 11.0 Å². The van der Waals surface area contributed by atoms with Crippen molar-refractivity contribution in [2.24, 2.45) is 0 Å². The van der Waals surface area contributed by atoms with E-state index in [1.165, 1.54) is 0 Å². The molecule has 1 aliphatic rings. The fourth-order valence-corrected chi connectivity index (χ4v) is 3.10. The van der Waals surface area contributed by atoms with Gasteiger partial charge < -0.3 is 24.3 Å². The van der Waals surface area contributed by atoms with Crippen LogP contribution >= 0.6 is 0 Å². The Morgan fingerprint density at radius 3 is 2.58 bits per heavy atom. The number of ether oxygens (including phenoxy) is 1. The van der Waals surface area contributed by atoms with Crippen LogP contribution in [0, 0.1) is 0 Å². The standard InChI is InChI=1S/C19H25N3O4/c1-3-21-9-11-22(12-10-21)19(24)18-17(20-16(23)13-25-4-2)14-7-5-6-8-15(14)26-18/h5-8H,3-4,9-13H2,1-2H3,(H,20,23). The Bertz CT molecular complexity index is 778. The number of hydrogen-bond donors (Lipinski definition) is 1. The molecule has 2 amide bonds. The lowest BCUT2D eigenvalue weighted by Crippen LogP contribution is -2.48. The van der Waals surface area contributed by atoms with Gasteiger partial charge in [0.1, 0.15) is 17.9 Å². The number of nitrogens with one attached hydrogen (secondary N) is 1. The molecule has 26 heavy (non-hydrogen) atoms. The second-order valence-corrected chi connectivity index (χ2v) is 6.21. The lowest BCUT2D eigenvalue weighted by molar-refractivity contribution is -0.120. The van der Waals surface area contributed by atoms with Gasteiger partial charge in [-0.2, -0.15) is 0 Å². The van der Waals surface area contributed by atoms with Gasteiger partial charge >= 0.3 is 0 Å². The molecule has 0 unspecified atom stereocenters. The molecular formula is C19H25N3O4. The van der Waals surface area contributed by atoms with E-state index in [1.807, 2.05) is 25.1 Å². The molecule has 7 nitrogen and oxygen atoms in total. The van der Waals surface area contributed by atoms with Crippen molar-refractivity contribution >= 4 is 28.5 Å². The van der Waals surface area contributed by atoms with Crippen molar-refractivity contribution < 1.29 is 18.7 Å². The van der Waals surface area contributed by atoms with Crippen LogP contribution in [0.3, 0.4) is 0 Å². The van der Waals surface area contributed by atoms with Crippen LogP contribution in [-0.2, 0) is 9.53 Å². The quantitative estimate of drug-likeness (QED) is 0.856. The molecule has 0 aliphatic carbocycles. The van der Waals surface area contributed by atoms with E-state index < -0.39 is 0 Å². The fourth-order valence-electron chi connectivity index (χ4n) is 3.10. The topological polar surface area (TPSA) is 75.0 Å². The van der Waals surface area contributed by atoms with Crippen molar-refractivity contribution in [3.63, 3.8) is 0 Å². The molecule has 2 heterocycles. The first-order chi connectivity index (χ1) is 12.6. The number of nitrogens with zero attached hydrogens (tertiary/aromatic N) is 2. The van der Waals surface area contributed by atoms with Crippen LogP contribution in [-0.4, -0.2) is 67.6 Å². The van der Waals surface area contributed by atoms with Gasteiger partial charge in [-0.1, -0.05) is 19.1 Å². The lowest BCUT2D eigenvalue weighted by Gasteiger charge is -2.33. The van der Waals surface area contributed by atoms with Crippen molar-refractivity contribution in [1.29, 1.82) is 0 Å². The van der Waals surface area contributed by atoms with Crippen LogP contribution in [0.15, 0.2) is 28.7 Å². The predicted molar refractivity (Wildman–Crippen MR) is 99.4 cm³/mol. The van der Waals surface area contributed by atoms with Gasteiger partial charge in [-0.25, -0.2) is 0 Å². The van der Waals surface area contributed by atoms with E-state index in [2.05, 4.69) is 17.1 Å². The Balaban J connectivity index is 1.86. The van der Waals surface area contributed by atoms with E-state index in [9.17, 15) is 9.59 Å². The SMILES string of the molecule is CCOCC(=O)Nc1c(C(=O)N2CCN(CC)CC2)oc2ccccc12. The zero-order valence-electron chi connectivity index (χ0n) is 15.3. The lowest BCUT2D eigenvalue weighted by atomic mass is 10.2. The molecule has 3 rings (SSSR count). The first-order valence-corrected chi connectivity index (χ1v) is 9.04. The molecule has 0 atom stereocenters. The Kier molecular flexibility index (Phi) is 5.90. The van der Waals surface area contributed by atoms with E-state index in [0.29, 0.717) is 36.4 Å². The molecule has 1 N–H and O–H groups in total. The molecule has 1 saturated heterocycles. The summed E-state index contributed by atoms with van der Waals surface area (Å²) in [5.41, 5.74) is 1.00. The number of furan rings is 1. The number of fused-ring (bicyclic) bond motifs is 1. The van der Waals surface area contributed by atoms with Gasteiger partial charge in [0.15, 0.2) is 0 Å². The summed E-state index contributed by atoms with van der Waals surface area (Å²) in [6.07, 6.45) is 0. The molecule has 140 valence electrons. The summed E-state index contributed by atoms with van der Waals surface area (Å²) in [6.45, 7) is 8.29. The maximum atomic E-state index is 13.0. The molecule has 0 bridgehead atoms. The first-order valence-electron chi connectivity index (χ1n) is 9.04. The van der Waals surface area contributed by atoms with Crippen LogP contribution in [0.4, 0.5) is 5.69 Å². The van der Waals surface area contributed by atoms with Gasteiger partial charge in [-0.3, -0.25) is 9.59 Å². The maximum Gasteiger partial charge on any atom is 0.291 e. The van der Waals surface area contributed by atoms with Crippen molar-refractivity contribution in [1.82, 2.24) is 9.80 Å². The summed E-state index contributed by atoms with van der Waals surface area (Å²) in [5, 5.41) is 3.51. The summed E-state index contributed by atoms with van der Waals surface area (Å²) in [4.78, 5) is 29.2. The van der Waals surface area contributed by atoms with Gasteiger partial charge in [0.25, 0.3) is 5.91 Å². The van der Waals surface area contributed by atoms with E-state index in [-0.39, 0.29) is 24.2 Å². The summed E-state index contributed by atoms with van der Waals surface area (Å²) >= 11 is 0. The molecule has 7 heteroatoms. The molecule has 1 fully saturated rings. The Morgan fingerprint density at radius 2 is 1.88 bits per heavy atom. The molecule has 0 spiro atoms. The predicted octanol–water partition coefficient (Wildman–Crippen LogP) is 2.19. The highest BCUT2D eigenvalue weighted by Gasteiger charge is 2.28. The van der Waals surface area contributed by atoms with Crippen LogP contribution in [0.1, 0.15) is 24.4 Å². The number of amides is 2. The Labute approximate surface area is 152 Å². The molecule has 0 radical (unpaired) electrons. The van der Waals surface area contributed by atoms with Crippen LogP contribution < -0.4 is 5.32 Å². The number of carbonyl (C=O) groups excluding carboxylic acids is 2. The minimum atomic E-state index is -0.303. The minimum absolute atomic E-state index is 0.0567. The third-order valence-corrected chi connectivity index (χ3v) is 4.60. The summed E-state index contributed by atoms with van der Waals surface area (Å²) < 4.78 is 11.0. The van der Waals surface area contributed by atoms with Crippen LogP contribution in [0.5, 0.6) is 0 Å². The fraction of sp³-hybridized carbons (Fsp3) is 0.474. The number of anilines is 1. The maximum absolute atomic E-state index is 13.0. The number of likely N-dealkylation sites (N-methyl/N-ethyl adjacent to an activating group) is 1. The molecule has 1 aliphatic heterocycles. The first kappa shape index (κ1) is 18.4. The average Bonchev–Trinajstić information content (AvgIpc) is 3.04. The second-order valence-electron chi connectivity index (χ2n) is 6.21. The van der Waals surface area contributed by atoms with Crippen LogP contribution in [0.2, 0.25) is 0 Å². The monoisotopic (exact) mass is 359 g/mol. The molecule has 2 aromatic rings. The third kappa shape index (κ3) is 3.89. The largest absolute Gasteiger partial charge is 0.449 e. The zero-order chi connectivity index (χ0) is 18.5. The number of piperazine rings is 1. The highest BCUT2D eigenvalue weighted by atomic mass is 16.5. The summed E-state index contributed by atoms with van der Waals surface area (Å²) in [7, 11) is 0. The van der Waals surface area contributed by atoms with Crippen molar-refractivity contribution in [3.05, 3.63) is 30.0 Å².